The largest absolute Gasteiger partial charge is 0.395 e. The van der Waals surface area contributed by atoms with Gasteiger partial charge in [0, 0.05) is 31.7 Å². The Bertz CT molecular complexity index is 168. The van der Waals surface area contributed by atoms with E-state index in [0.717, 1.165) is 13.1 Å². The average Bonchev–Trinajstić information content (AvgIpc) is 2.27. The van der Waals surface area contributed by atoms with Crippen molar-refractivity contribution < 1.29 is 9.50 Å². The summed E-state index contributed by atoms with van der Waals surface area (Å²) in [7, 11) is 0. The van der Waals surface area contributed by atoms with Gasteiger partial charge in [0.25, 0.3) is 0 Å². The fraction of sp³-hybridized carbons (Fsp3) is 1.00. The van der Waals surface area contributed by atoms with E-state index in [1.165, 1.54) is 0 Å². The number of hydrogen-bond acceptors (Lipinski definition) is 3. The second-order valence-electron chi connectivity index (χ2n) is 3.68. The van der Waals surface area contributed by atoms with Crippen LogP contribution in [0.3, 0.4) is 0 Å². The molecule has 0 spiro atoms. The Morgan fingerprint density at radius 2 is 2.15 bits per heavy atom. The van der Waals surface area contributed by atoms with Crippen LogP contribution in [0.1, 0.15) is 6.42 Å². The Kier molecular flexibility index (Phi) is 3.91. The molecule has 2 rings (SSSR count). The number of rotatable bonds is 2. The molecule has 0 aliphatic carbocycles. The molecule has 2 aliphatic heterocycles. The first-order valence-corrected chi connectivity index (χ1v) is 4.52. The molecule has 0 bridgehead atoms. The molecule has 0 aromatic carbocycles. The molecule has 2 fully saturated rings. The van der Waals surface area contributed by atoms with Gasteiger partial charge in [0.15, 0.2) is 0 Å². The monoisotopic (exact) mass is 210 g/mol. The first-order valence-electron chi connectivity index (χ1n) is 4.52. The Balaban J connectivity index is 0.000000845. The second kappa shape index (κ2) is 4.55. The topological polar surface area (TPSA) is 35.5 Å². The lowest BCUT2D eigenvalue weighted by Crippen LogP contribution is -2.59. The molecule has 0 radical (unpaired) electrons. The highest BCUT2D eigenvalue weighted by Crippen LogP contribution is 2.23. The molecule has 2 unspecified atom stereocenters. The zero-order valence-electron chi connectivity index (χ0n) is 7.45. The molecule has 2 N–H and O–H groups in total. The lowest BCUT2D eigenvalue weighted by molar-refractivity contribution is 0.0894. The van der Waals surface area contributed by atoms with E-state index in [0.29, 0.717) is 19.0 Å². The van der Waals surface area contributed by atoms with Gasteiger partial charge in [-0.2, -0.15) is 0 Å². The number of likely N-dealkylation sites (tertiary alicyclic amines) is 1. The van der Waals surface area contributed by atoms with E-state index < -0.39 is 6.17 Å². The van der Waals surface area contributed by atoms with Crippen molar-refractivity contribution in [1.82, 2.24) is 10.2 Å². The van der Waals surface area contributed by atoms with Crippen molar-refractivity contribution in [1.29, 1.82) is 0 Å². The van der Waals surface area contributed by atoms with E-state index in [4.69, 9.17) is 5.11 Å². The molecule has 2 saturated heterocycles. The molecule has 0 aromatic heterocycles. The Morgan fingerprint density at radius 3 is 2.62 bits per heavy atom. The van der Waals surface area contributed by atoms with Gasteiger partial charge in [0.1, 0.15) is 6.17 Å². The molecule has 0 amide bonds. The minimum Gasteiger partial charge on any atom is -0.395 e. The fourth-order valence-electron chi connectivity index (χ4n) is 2.02. The summed E-state index contributed by atoms with van der Waals surface area (Å²) in [6.45, 7) is 2.50. The molecule has 0 saturated carbocycles. The molecule has 2 heterocycles. The predicted molar refractivity (Wildman–Crippen MR) is 51.0 cm³/mol. The van der Waals surface area contributed by atoms with Crippen LogP contribution < -0.4 is 5.32 Å². The molecule has 5 heteroatoms. The summed E-state index contributed by atoms with van der Waals surface area (Å²) >= 11 is 0. The molecule has 3 nitrogen and oxygen atoms in total. The van der Waals surface area contributed by atoms with E-state index >= 15 is 0 Å². The Hall–Kier alpha value is 0.1000. The minimum absolute atomic E-state index is 0. The lowest BCUT2D eigenvalue weighted by atomic mass is 10.1. The number of nitrogens with zero attached hydrogens (tertiary/aromatic N) is 1. The first-order chi connectivity index (χ1) is 5.81. The quantitative estimate of drug-likeness (QED) is 0.662. The SMILES string of the molecule is Cl.OCC1CC(F)CN1C1CNC1. The van der Waals surface area contributed by atoms with E-state index in [-0.39, 0.29) is 25.1 Å². The Morgan fingerprint density at radius 1 is 1.46 bits per heavy atom. The van der Waals surface area contributed by atoms with Gasteiger partial charge in [-0.1, -0.05) is 0 Å². The third kappa shape index (κ3) is 2.13. The maximum Gasteiger partial charge on any atom is 0.114 e. The van der Waals surface area contributed by atoms with E-state index in [1.807, 2.05) is 0 Å². The van der Waals surface area contributed by atoms with Gasteiger partial charge in [0.05, 0.1) is 6.61 Å². The first kappa shape index (κ1) is 11.2. The van der Waals surface area contributed by atoms with E-state index in [9.17, 15) is 4.39 Å². The highest BCUT2D eigenvalue weighted by molar-refractivity contribution is 5.85. The fourth-order valence-corrected chi connectivity index (χ4v) is 2.02. The van der Waals surface area contributed by atoms with Crippen molar-refractivity contribution in [2.45, 2.75) is 24.7 Å². The van der Waals surface area contributed by atoms with Crippen LogP contribution in [-0.2, 0) is 0 Å². The van der Waals surface area contributed by atoms with Crippen molar-refractivity contribution in [2.75, 3.05) is 26.2 Å². The van der Waals surface area contributed by atoms with Crippen LogP contribution in [-0.4, -0.2) is 54.5 Å². The van der Waals surface area contributed by atoms with E-state index in [1.54, 1.807) is 0 Å². The summed E-state index contributed by atoms with van der Waals surface area (Å²) in [6.07, 6.45) is -0.227. The van der Waals surface area contributed by atoms with Crippen LogP contribution in [0.15, 0.2) is 0 Å². The maximum absolute atomic E-state index is 13.0. The summed E-state index contributed by atoms with van der Waals surface area (Å²) in [5, 5.41) is 12.1. The summed E-state index contributed by atoms with van der Waals surface area (Å²) in [6, 6.07) is 0.523. The number of aliphatic hydroxyl groups excluding tert-OH is 1. The average molecular weight is 211 g/mol. The number of aliphatic hydroxyl groups is 1. The Labute approximate surface area is 83.7 Å². The van der Waals surface area contributed by atoms with Gasteiger partial charge < -0.3 is 10.4 Å². The summed E-state index contributed by atoms with van der Waals surface area (Å²) in [5.74, 6) is 0. The molecule has 13 heavy (non-hydrogen) atoms. The molecule has 2 aliphatic rings. The number of nitrogens with one attached hydrogen (secondary N) is 1. The summed E-state index contributed by atoms with van der Waals surface area (Å²) in [5.41, 5.74) is 0. The van der Waals surface area contributed by atoms with Crippen LogP contribution in [0.2, 0.25) is 0 Å². The van der Waals surface area contributed by atoms with Gasteiger partial charge >= 0.3 is 0 Å². The standard InChI is InChI=1S/C8H15FN2O.ClH/c9-6-1-7(5-12)11(4-6)8-2-10-3-8;/h6-8,10,12H,1-5H2;1H. The predicted octanol–water partition coefficient (Wildman–Crippen LogP) is -0.215. The third-order valence-electron chi connectivity index (χ3n) is 2.85. The van der Waals surface area contributed by atoms with Crippen LogP contribution in [0.4, 0.5) is 4.39 Å². The van der Waals surface area contributed by atoms with Crippen LogP contribution in [0.25, 0.3) is 0 Å². The van der Waals surface area contributed by atoms with Gasteiger partial charge in [-0.3, -0.25) is 4.90 Å². The molecular weight excluding hydrogens is 195 g/mol. The van der Waals surface area contributed by atoms with Gasteiger partial charge in [-0.25, -0.2) is 4.39 Å². The normalized spacial score (nSPS) is 35.5. The smallest absolute Gasteiger partial charge is 0.114 e. The van der Waals surface area contributed by atoms with Gasteiger partial charge in [0.2, 0.25) is 0 Å². The van der Waals surface area contributed by atoms with Crippen molar-refractivity contribution in [3.05, 3.63) is 0 Å². The third-order valence-corrected chi connectivity index (χ3v) is 2.85. The number of hydrogen-bond donors (Lipinski definition) is 2. The minimum atomic E-state index is -0.734. The molecule has 0 aromatic rings. The zero-order chi connectivity index (χ0) is 8.55. The van der Waals surface area contributed by atoms with Crippen LogP contribution in [0, 0.1) is 0 Å². The zero-order valence-corrected chi connectivity index (χ0v) is 8.26. The summed E-state index contributed by atoms with van der Waals surface area (Å²) in [4.78, 5) is 2.10. The molecule has 2 atom stereocenters. The van der Waals surface area contributed by atoms with Crippen molar-refractivity contribution >= 4 is 12.4 Å². The molecule has 78 valence electrons. The summed E-state index contributed by atoms with van der Waals surface area (Å²) < 4.78 is 13.0. The number of halogens is 2. The highest BCUT2D eigenvalue weighted by atomic mass is 35.5. The van der Waals surface area contributed by atoms with Crippen molar-refractivity contribution in [3.8, 4) is 0 Å². The van der Waals surface area contributed by atoms with Crippen molar-refractivity contribution in [3.63, 3.8) is 0 Å². The van der Waals surface area contributed by atoms with Crippen molar-refractivity contribution in [2.24, 2.45) is 0 Å². The number of alkyl halides is 1. The van der Waals surface area contributed by atoms with Gasteiger partial charge in [-0.15, -0.1) is 12.4 Å². The molecular formula is C8H16ClFN2O. The van der Waals surface area contributed by atoms with E-state index in [2.05, 4.69) is 10.2 Å². The van der Waals surface area contributed by atoms with Crippen LogP contribution >= 0.6 is 12.4 Å². The van der Waals surface area contributed by atoms with Gasteiger partial charge in [-0.05, 0) is 6.42 Å². The highest BCUT2D eigenvalue weighted by Gasteiger charge is 2.37. The second-order valence-corrected chi connectivity index (χ2v) is 3.68. The lowest BCUT2D eigenvalue weighted by Gasteiger charge is -2.38. The van der Waals surface area contributed by atoms with Crippen LogP contribution in [0.5, 0.6) is 0 Å². The maximum atomic E-state index is 13.0.